The predicted octanol–water partition coefficient (Wildman–Crippen LogP) is -0.960. The molecule has 2 fully saturated rings. The molecule has 1 aliphatic carbocycles. The summed E-state index contributed by atoms with van der Waals surface area (Å²) >= 11 is 0. The van der Waals surface area contributed by atoms with E-state index in [1.165, 1.54) is 0 Å². The Bertz CT molecular complexity index is 317. The molecule has 1 heterocycles. The fraction of sp³-hybridized carbons (Fsp3) is 1.00. The van der Waals surface area contributed by atoms with Crippen LogP contribution in [0, 0.1) is 5.92 Å². The zero-order chi connectivity index (χ0) is 10.3. The lowest BCUT2D eigenvalue weighted by atomic mass is 9.69. The molecule has 4 atom stereocenters. The molecule has 0 spiro atoms. The second-order valence-corrected chi connectivity index (χ2v) is 5.91. The van der Waals surface area contributed by atoms with E-state index < -0.39 is 10.0 Å². The Labute approximate surface area is 84.0 Å². The van der Waals surface area contributed by atoms with Crippen LogP contribution in [-0.2, 0) is 14.8 Å². The van der Waals surface area contributed by atoms with Crippen molar-refractivity contribution in [2.75, 3.05) is 12.9 Å². The van der Waals surface area contributed by atoms with Gasteiger partial charge in [-0.1, -0.05) is 0 Å². The third-order valence-electron chi connectivity index (χ3n) is 3.03. The summed E-state index contributed by atoms with van der Waals surface area (Å²) in [5.41, 5.74) is 5.88. The number of nitrogens with one attached hydrogen (secondary N) is 1. The molecule has 1 saturated carbocycles. The zero-order valence-electron chi connectivity index (χ0n) is 8.14. The van der Waals surface area contributed by atoms with Crippen LogP contribution in [0.2, 0.25) is 0 Å². The Morgan fingerprint density at radius 1 is 1.50 bits per heavy atom. The fourth-order valence-electron chi connectivity index (χ4n) is 2.34. The third-order valence-corrected chi connectivity index (χ3v) is 3.73. The summed E-state index contributed by atoms with van der Waals surface area (Å²) < 4.78 is 30.1. The summed E-state index contributed by atoms with van der Waals surface area (Å²) in [5.74, 6) is 0.336. The van der Waals surface area contributed by atoms with Gasteiger partial charge in [-0.2, -0.15) is 0 Å². The SMILES string of the molecule is CS(=O)(=O)NC1C(N)C2CCCOC21. The predicted molar refractivity (Wildman–Crippen MR) is 52.2 cm³/mol. The van der Waals surface area contributed by atoms with E-state index in [2.05, 4.69) is 4.72 Å². The topological polar surface area (TPSA) is 81.4 Å². The highest BCUT2D eigenvalue weighted by Crippen LogP contribution is 2.37. The van der Waals surface area contributed by atoms with Crippen LogP contribution in [0.1, 0.15) is 12.8 Å². The minimum Gasteiger partial charge on any atom is -0.376 e. The van der Waals surface area contributed by atoms with Crippen molar-refractivity contribution in [1.82, 2.24) is 4.72 Å². The molecule has 2 aliphatic rings. The van der Waals surface area contributed by atoms with Gasteiger partial charge in [0.05, 0.1) is 18.4 Å². The van der Waals surface area contributed by atoms with Gasteiger partial charge in [-0.15, -0.1) is 0 Å². The highest BCUT2D eigenvalue weighted by Gasteiger charge is 2.51. The van der Waals surface area contributed by atoms with Crippen LogP contribution in [0.25, 0.3) is 0 Å². The average molecular weight is 220 g/mol. The molecule has 4 unspecified atom stereocenters. The highest BCUT2D eigenvalue weighted by atomic mass is 32.2. The Hall–Kier alpha value is -0.170. The molecule has 0 amide bonds. The van der Waals surface area contributed by atoms with Crippen molar-refractivity contribution in [2.24, 2.45) is 11.7 Å². The van der Waals surface area contributed by atoms with Gasteiger partial charge in [-0.05, 0) is 12.8 Å². The van der Waals surface area contributed by atoms with Crippen molar-refractivity contribution < 1.29 is 13.2 Å². The summed E-state index contributed by atoms with van der Waals surface area (Å²) in [6.07, 6.45) is 3.22. The molecule has 0 aromatic carbocycles. The van der Waals surface area contributed by atoms with Crippen molar-refractivity contribution in [2.45, 2.75) is 31.0 Å². The minimum atomic E-state index is -3.18. The molecule has 0 aromatic heterocycles. The summed E-state index contributed by atoms with van der Waals surface area (Å²) in [5, 5.41) is 0. The van der Waals surface area contributed by atoms with Crippen LogP contribution in [0.4, 0.5) is 0 Å². The van der Waals surface area contributed by atoms with Gasteiger partial charge in [0, 0.05) is 18.6 Å². The first kappa shape index (κ1) is 10.4. The van der Waals surface area contributed by atoms with E-state index in [9.17, 15) is 8.42 Å². The van der Waals surface area contributed by atoms with Crippen LogP contribution in [0.3, 0.4) is 0 Å². The molecule has 2 rings (SSSR count). The van der Waals surface area contributed by atoms with Crippen LogP contribution < -0.4 is 10.5 Å². The molecule has 6 heteroatoms. The number of sulfonamides is 1. The molecule has 1 saturated heterocycles. The van der Waals surface area contributed by atoms with E-state index in [-0.39, 0.29) is 18.2 Å². The van der Waals surface area contributed by atoms with Crippen molar-refractivity contribution in [3.05, 3.63) is 0 Å². The van der Waals surface area contributed by atoms with E-state index in [1.54, 1.807) is 0 Å². The first-order valence-corrected chi connectivity index (χ1v) is 6.73. The maximum Gasteiger partial charge on any atom is 0.209 e. The van der Waals surface area contributed by atoms with Crippen LogP contribution in [-0.4, -0.2) is 39.5 Å². The van der Waals surface area contributed by atoms with Crippen LogP contribution in [0.5, 0.6) is 0 Å². The van der Waals surface area contributed by atoms with E-state index in [0.717, 1.165) is 25.7 Å². The molecule has 3 N–H and O–H groups in total. The van der Waals surface area contributed by atoms with Gasteiger partial charge in [-0.3, -0.25) is 0 Å². The van der Waals surface area contributed by atoms with Gasteiger partial charge in [0.2, 0.25) is 10.0 Å². The summed E-state index contributed by atoms with van der Waals surface area (Å²) in [6, 6.07) is -0.315. The average Bonchev–Trinajstić information content (AvgIpc) is 2.13. The molecular formula is C8H16N2O3S. The fourth-order valence-corrected chi connectivity index (χ4v) is 3.13. The second-order valence-electron chi connectivity index (χ2n) is 4.13. The van der Waals surface area contributed by atoms with Crippen molar-refractivity contribution >= 4 is 10.0 Å². The van der Waals surface area contributed by atoms with Gasteiger partial charge < -0.3 is 10.5 Å². The molecule has 14 heavy (non-hydrogen) atoms. The zero-order valence-corrected chi connectivity index (χ0v) is 8.96. The van der Waals surface area contributed by atoms with Gasteiger partial charge in [0.1, 0.15) is 0 Å². The Morgan fingerprint density at radius 3 is 2.86 bits per heavy atom. The van der Waals surface area contributed by atoms with Crippen molar-refractivity contribution in [3.8, 4) is 0 Å². The summed E-state index contributed by atoms with van der Waals surface area (Å²) in [4.78, 5) is 0. The Morgan fingerprint density at radius 2 is 2.21 bits per heavy atom. The molecule has 82 valence electrons. The lowest BCUT2D eigenvalue weighted by Gasteiger charge is -2.52. The number of fused-ring (bicyclic) bond motifs is 1. The lowest BCUT2D eigenvalue weighted by Crippen LogP contribution is -2.71. The first-order valence-electron chi connectivity index (χ1n) is 4.83. The lowest BCUT2D eigenvalue weighted by molar-refractivity contribution is -0.114. The molecular weight excluding hydrogens is 204 g/mol. The quantitative estimate of drug-likeness (QED) is 0.628. The maximum atomic E-state index is 11.0. The number of nitrogens with two attached hydrogens (primary N) is 1. The van der Waals surface area contributed by atoms with E-state index in [1.807, 2.05) is 0 Å². The van der Waals surface area contributed by atoms with E-state index in [0.29, 0.717) is 5.92 Å². The van der Waals surface area contributed by atoms with Gasteiger partial charge >= 0.3 is 0 Å². The molecule has 0 bridgehead atoms. The van der Waals surface area contributed by atoms with Gasteiger partial charge in [-0.25, -0.2) is 13.1 Å². The van der Waals surface area contributed by atoms with Crippen LogP contribution in [0.15, 0.2) is 0 Å². The molecule has 5 nitrogen and oxygen atoms in total. The second kappa shape index (κ2) is 3.44. The smallest absolute Gasteiger partial charge is 0.209 e. The van der Waals surface area contributed by atoms with Crippen molar-refractivity contribution in [3.63, 3.8) is 0 Å². The van der Waals surface area contributed by atoms with Crippen molar-refractivity contribution in [1.29, 1.82) is 0 Å². The number of hydrogen-bond acceptors (Lipinski definition) is 4. The number of ether oxygens (including phenoxy) is 1. The van der Waals surface area contributed by atoms with Gasteiger partial charge in [0.25, 0.3) is 0 Å². The first-order chi connectivity index (χ1) is 6.49. The Balaban J connectivity index is 2.01. The monoisotopic (exact) mass is 220 g/mol. The van der Waals surface area contributed by atoms with E-state index in [4.69, 9.17) is 10.5 Å². The molecule has 0 radical (unpaired) electrons. The summed E-state index contributed by atoms with van der Waals surface area (Å²) in [6.45, 7) is 0.718. The van der Waals surface area contributed by atoms with Gasteiger partial charge in [0.15, 0.2) is 0 Å². The number of rotatable bonds is 2. The minimum absolute atomic E-state index is 0.00604. The van der Waals surface area contributed by atoms with E-state index >= 15 is 0 Å². The van der Waals surface area contributed by atoms with Crippen LogP contribution >= 0.6 is 0 Å². The third kappa shape index (κ3) is 1.79. The number of hydrogen-bond donors (Lipinski definition) is 2. The molecule has 1 aliphatic heterocycles. The normalized spacial score (nSPS) is 42.7. The standard InChI is InChI=1S/C8H16N2O3S/c1-14(11,12)10-7-6(9)5-3-2-4-13-8(5)7/h5-8,10H,2-4,9H2,1H3. The largest absolute Gasteiger partial charge is 0.376 e. The Kier molecular flexibility index (Phi) is 2.55. The maximum absolute atomic E-state index is 11.0. The summed E-state index contributed by atoms with van der Waals surface area (Å²) in [7, 11) is -3.18. The highest BCUT2D eigenvalue weighted by molar-refractivity contribution is 7.88. The molecule has 0 aromatic rings.